The summed E-state index contributed by atoms with van der Waals surface area (Å²) in [5.41, 5.74) is 2.07. The van der Waals surface area contributed by atoms with E-state index >= 15 is 0 Å². The zero-order chi connectivity index (χ0) is 28.5. The molecule has 2 aliphatic rings. The van der Waals surface area contributed by atoms with Crippen LogP contribution in [0.4, 0.5) is 0 Å². The summed E-state index contributed by atoms with van der Waals surface area (Å²) >= 11 is 0. The predicted octanol–water partition coefficient (Wildman–Crippen LogP) is 9.36. The van der Waals surface area contributed by atoms with Gasteiger partial charge >= 0.3 is 0 Å². The Morgan fingerprint density at radius 2 is 1.07 bits per heavy atom. The first kappa shape index (κ1) is 33.0. The molecule has 1 aromatic carbocycles. The van der Waals surface area contributed by atoms with Gasteiger partial charge in [0.2, 0.25) is 0 Å². The molecular weight excluding hydrogens is 496 g/mol. The zero-order valence-corrected chi connectivity index (χ0v) is 26.1. The van der Waals surface area contributed by atoms with Crippen molar-refractivity contribution in [2.45, 2.75) is 129 Å². The molecule has 0 heterocycles. The first-order valence-electron chi connectivity index (χ1n) is 16.1. The molecule has 0 saturated carbocycles. The molecule has 0 amide bonds. The van der Waals surface area contributed by atoms with Crippen molar-refractivity contribution in [1.82, 2.24) is 0 Å². The van der Waals surface area contributed by atoms with Gasteiger partial charge in [0.25, 0.3) is 0 Å². The Bertz CT molecular complexity index is 854. The van der Waals surface area contributed by atoms with Gasteiger partial charge in [0.1, 0.15) is 0 Å². The molecule has 0 bridgehead atoms. The second kappa shape index (κ2) is 18.2. The molecule has 2 aliphatic carbocycles. The number of rotatable bonds is 16. The van der Waals surface area contributed by atoms with Gasteiger partial charge in [0.15, 0.2) is 0 Å². The summed E-state index contributed by atoms with van der Waals surface area (Å²) in [6.45, 7) is 13.2. The molecule has 2 atom stereocenters. The molecule has 3 rings (SSSR count). The van der Waals surface area contributed by atoms with Crippen molar-refractivity contribution in [2.75, 3.05) is 26.4 Å². The average molecular weight is 555 g/mol. The molecule has 0 N–H and O–H groups in total. The molecule has 0 aromatic heterocycles. The number of hydrogen-bond donors (Lipinski definition) is 0. The van der Waals surface area contributed by atoms with Crippen molar-refractivity contribution in [3.8, 4) is 0 Å². The summed E-state index contributed by atoms with van der Waals surface area (Å²) in [6.07, 6.45) is 23.5. The van der Waals surface area contributed by atoms with Gasteiger partial charge in [-0.1, -0.05) is 48.6 Å². The van der Waals surface area contributed by atoms with E-state index in [0.717, 1.165) is 26.1 Å². The van der Waals surface area contributed by atoms with Crippen LogP contribution in [0.3, 0.4) is 0 Å². The van der Waals surface area contributed by atoms with Crippen molar-refractivity contribution in [3.05, 3.63) is 59.7 Å². The van der Waals surface area contributed by atoms with E-state index in [1.165, 1.54) is 75.3 Å². The lowest BCUT2D eigenvalue weighted by atomic mass is 9.94. The van der Waals surface area contributed by atoms with Crippen LogP contribution in [0.25, 0.3) is 0 Å². The summed E-state index contributed by atoms with van der Waals surface area (Å²) in [5, 5.41) is 0. The van der Waals surface area contributed by atoms with Gasteiger partial charge in [-0.25, -0.2) is 0 Å². The highest BCUT2D eigenvalue weighted by Gasteiger charge is 2.24. The Kier molecular flexibility index (Phi) is 15.0. The van der Waals surface area contributed by atoms with Crippen LogP contribution in [-0.2, 0) is 32.2 Å². The number of hydrogen-bond acceptors (Lipinski definition) is 4. The lowest BCUT2D eigenvalue weighted by Gasteiger charge is -2.31. The highest BCUT2D eigenvalue weighted by molar-refractivity contribution is 5.21. The van der Waals surface area contributed by atoms with E-state index in [0.29, 0.717) is 38.3 Å². The molecule has 0 fully saturated rings. The zero-order valence-electron chi connectivity index (χ0n) is 26.1. The lowest BCUT2D eigenvalue weighted by Crippen LogP contribution is -2.32. The van der Waals surface area contributed by atoms with Gasteiger partial charge in [-0.15, -0.1) is 0 Å². The Morgan fingerprint density at radius 3 is 1.70 bits per heavy atom. The minimum Gasteiger partial charge on any atom is -0.377 e. The standard InChI is InChI=1S/C36H58O4/c1-35(2,39-26-24-36(3,4)40-30-32-17-13-9-6-10-14-18-32)23-25-37-27-33-19-21-34(22-20-33)29-38-28-31-15-11-7-5-8-12-16-31/h5-7,9,19-22,31-32H,8,10-18,23-30H2,1-4H3. The molecule has 4 heteroatoms. The molecule has 1 aromatic rings. The van der Waals surface area contributed by atoms with E-state index in [9.17, 15) is 0 Å². The first-order valence-corrected chi connectivity index (χ1v) is 16.1. The third kappa shape index (κ3) is 14.4. The van der Waals surface area contributed by atoms with Crippen LogP contribution >= 0.6 is 0 Å². The highest BCUT2D eigenvalue weighted by Crippen LogP contribution is 2.24. The normalized spacial score (nSPS) is 21.0. The van der Waals surface area contributed by atoms with Crippen LogP contribution in [0.15, 0.2) is 48.6 Å². The Hall–Kier alpha value is -1.46. The summed E-state index contributed by atoms with van der Waals surface area (Å²) < 4.78 is 24.7. The minimum atomic E-state index is -0.212. The predicted molar refractivity (Wildman–Crippen MR) is 166 cm³/mol. The minimum absolute atomic E-state index is 0.158. The van der Waals surface area contributed by atoms with Crippen molar-refractivity contribution in [2.24, 2.45) is 11.8 Å². The van der Waals surface area contributed by atoms with Gasteiger partial charge in [-0.05, 0) is 128 Å². The maximum absolute atomic E-state index is 6.36. The van der Waals surface area contributed by atoms with Crippen LogP contribution < -0.4 is 0 Å². The van der Waals surface area contributed by atoms with E-state index in [1.807, 2.05) is 0 Å². The van der Waals surface area contributed by atoms with Crippen molar-refractivity contribution < 1.29 is 18.9 Å². The molecule has 226 valence electrons. The fourth-order valence-corrected chi connectivity index (χ4v) is 5.45. The maximum Gasteiger partial charge on any atom is 0.0717 e. The van der Waals surface area contributed by atoms with Gasteiger partial charge in [-0.3, -0.25) is 0 Å². The quantitative estimate of drug-likeness (QED) is 0.151. The molecule has 0 spiro atoms. The largest absolute Gasteiger partial charge is 0.377 e. The average Bonchev–Trinajstić information content (AvgIpc) is 2.88. The van der Waals surface area contributed by atoms with Crippen LogP contribution in [0.5, 0.6) is 0 Å². The molecule has 2 unspecified atom stereocenters. The fourth-order valence-electron chi connectivity index (χ4n) is 5.45. The van der Waals surface area contributed by atoms with Crippen LogP contribution in [0, 0.1) is 11.8 Å². The molecular formula is C36H58O4. The fraction of sp³-hybridized carbons (Fsp3) is 0.722. The summed E-state index contributed by atoms with van der Waals surface area (Å²) in [5.74, 6) is 1.38. The van der Waals surface area contributed by atoms with E-state index in [2.05, 4.69) is 76.3 Å². The SMILES string of the molecule is CC(C)(CCOCc1ccc(COCC2CCC=CCCC2)cc1)OCCC(C)(C)OCC1CCC=CCCC1. The smallest absolute Gasteiger partial charge is 0.0717 e. The molecule has 40 heavy (non-hydrogen) atoms. The van der Waals surface area contributed by atoms with Crippen LogP contribution in [0.1, 0.15) is 116 Å². The van der Waals surface area contributed by atoms with E-state index in [-0.39, 0.29) is 11.2 Å². The van der Waals surface area contributed by atoms with Crippen LogP contribution in [0.2, 0.25) is 0 Å². The van der Waals surface area contributed by atoms with Gasteiger partial charge in [-0.2, -0.15) is 0 Å². The van der Waals surface area contributed by atoms with Crippen molar-refractivity contribution >= 4 is 0 Å². The number of allylic oxidation sites excluding steroid dienone is 4. The first-order chi connectivity index (χ1) is 19.3. The molecule has 0 aliphatic heterocycles. The van der Waals surface area contributed by atoms with Crippen LogP contribution in [-0.4, -0.2) is 37.6 Å². The molecule has 4 nitrogen and oxygen atoms in total. The van der Waals surface area contributed by atoms with Gasteiger partial charge < -0.3 is 18.9 Å². The van der Waals surface area contributed by atoms with E-state index in [1.54, 1.807) is 0 Å². The van der Waals surface area contributed by atoms with E-state index < -0.39 is 0 Å². The number of ether oxygens (including phenoxy) is 4. The van der Waals surface area contributed by atoms with Crippen molar-refractivity contribution in [1.29, 1.82) is 0 Å². The molecule has 0 radical (unpaired) electrons. The topological polar surface area (TPSA) is 36.9 Å². The third-order valence-corrected chi connectivity index (χ3v) is 8.45. The van der Waals surface area contributed by atoms with Crippen molar-refractivity contribution in [3.63, 3.8) is 0 Å². The highest BCUT2D eigenvalue weighted by atomic mass is 16.5. The third-order valence-electron chi connectivity index (χ3n) is 8.45. The summed E-state index contributed by atoms with van der Waals surface area (Å²) in [7, 11) is 0. The maximum atomic E-state index is 6.36. The second-order valence-corrected chi connectivity index (χ2v) is 13.3. The van der Waals surface area contributed by atoms with Gasteiger partial charge in [0.05, 0.1) is 37.6 Å². The summed E-state index contributed by atoms with van der Waals surface area (Å²) in [4.78, 5) is 0. The lowest BCUT2D eigenvalue weighted by molar-refractivity contribution is -0.0879. The van der Waals surface area contributed by atoms with Gasteiger partial charge in [0, 0.05) is 13.2 Å². The monoisotopic (exact) mass is 554 g/mol. The van der Waals surface area contributed by atoms with E-state index in [4.69, 9.17) is 18.9 Å². The Balaban J connectivity index is 1.24. The summed E-state index contributed by atoms with van der Waals surface area (Å²) in [6, 6.07) is 8.67. The Labute approximate surface area is 245 Å². The number of benzene rings is 1. The Morgan fingerprint density at radius 1 is 0.575 bits per heavy atom. The molecule has 0 saturated heterocycles. The second-order valence-electron chi connectivity index (χ2n) is 13.3.